The van der Waals surface area contributed by atoms with Gasteiger partial charge in [-0.25, -0.2) is 14.0 Å². The molecule has 0 bridgehead atoms. The Hall–Kier alpha value is -3.65. The lowest BCUT2D eigenvalue weighted by molar-refractivity contribution is -0.119. The van der Waals surface area contributed by atoms with Crippen molar-refractivity contribution in [3.63, 3.8) is 0 Å². The van der Waals surface area contributed by atoms with Gasteiger partial charge in [-0.15, -0.1) is 0 Å². The largest absolute Gasteiger partial charge is 0.481 e. The number of carbonyl (C=O) groups is 2. The summed E-state index contributed by atoms with van der Waals surface area (Å²) in [6.07, 6.45) is 8.49. The second-order valence-corrected chi connectivity index (χ2v) is 19.5. The second-order valence-electron chi connectivity index (χ2n) is 14.0. The molecule has 2 atom stereocenters. The lowest BCUT2D eigenvalue weighted by Crippen LogP contribution is -2.50. The molecule has 0 aliphatic heterocycles. The van der Waals surface area contributed by atoms with Crippen LogP contribution in [0.4, 0.5) is 10.1 Å². The van der Waals surface area contributed by atoms with E-state index >= 15 is 0 Å². The third kappa shape index (κ3) is 7.43. The van der Waals surface area contributed by atoms with Crippen LogP contribution in [0.3, 0.4) is 0 Å². The summed E-state index contributed by atoms with van der Waals surface area (Å²) >= 11 is 0. The molecule has 2 fully saturated rings. The predicted octanol–water partition coefficient (Wildman–Crippen LogP) is 6.07. The number of anilines is 1. The molecule has 2 unspecified atom stereocenters. The van der Waals surface area contributed by atoms with Crippen molar-refractivity contribution in [3.05, 3.63) is 47.4 Å². The number of aryl methyl sites for hydroxylation is 1. The van der Waals surface area contributed by atoms with Crippen molar-refractivity contribution in [1.29, 1.82) is 0 Å². The highest BCUT2D eigenvalue weighted by molar-refractivity contribution is 6.77. The van der Waals surface area contributed by atoms with E-state index in [9.17, 15) is 14.0 Å². The molecule has 3 aromatic rings. The highest BCUT2D eigenvalue weighted by Gasteiger charge is 2.49. The molecule has 0 saturated heterocycles. The minimum atomic E-state index is -2.32. The first-order valence-electron chi connectivity index (χ1n) is 16.7. The minimum absolute atomic E-state index is 0.0131. The number of methoxy groups -OCH3 is 1. The van der Waals surface area contributed by atoms with E-state index in [1.165, 1.54) is 13.2 Å². The number of hydrogen-bond acceptors (Lipinski definition) is 9. The number of hydrogen-bond donors (Lipinski definition) is 2. The topological polar surface area (TPSA) is 146 Å². The number of amides is 2. The van der Waals surface area contributed by atoms with Crippen LogP contribution < -0.4 is 15.4 Å². The number of halogens is 1. The quantitative estimate of drug-likeness (QED) is 0.174. The number of nitrogens with one attached hydrogen (secondary N) is 2. The fourth-order valence-electron chi connectivity index (χ4n) is 7.55. The van der Waals surface area contributed by atoms with Gasteiger partial charge in [-0.2, -0.15) is 5.10 Å². The summed E-state index contributed by atoms with van der Waals surface area (Å²) in [6, 6.07) is 0.0276. The van der Waals surface area contributed by atoms with E-state index in [1.54, 1.807) is 24.0 Å². The number of aromatic nitrogens is 5. The summed E-state index contributed by atoms with van der Waals surface area (Å²) in [4.78, 5) is 31.3. The second kappa shape index (κ2) is 14.2. The van der Waals surface area contributed by atoms with E-state index in [-0.39, 0.29) is 30.0 Å². The summed E-state index contributed by atoms with van der Waals surface area (Å²) in [6.45, 7) is 15.1. The number of nitrogens with zero attached hydrogens (tertiary/aromatic N) is 5. The van der Waals surface area contributed by atoms with Crippen LogP contribution in [0.5, 0.6) is 5.88 Å². The van der Waals surface area contributed by atoms with E-state index < -0.39 is 32.1 Å². The van der Waals surface area contributed by atoms with Gasteiger partial charge in [0.05, 0.1) is 31.8 Å². The molecule has 3 heterocycles. The zero-order valence-corrected chi connectivity index (χ0v) is 29.6. The fourth-order valence-corrected chi connectivity index (χ4v) is 13.0. The average molecular weight is 670 g/mol. The van der Waals surface area contributed by atoms with Crippen molar-refractivity contribution >= 4 is 25.8 Å². The molecule has 2 amide bonds. The third-order valence-electron chi connectivity index (χ3n) is 9.94. The highest BCUT2D eigenvalue weighted by Crippen LogP contribution is 2.51. The van der Waals surface area contributed by atoms with Crippen LogP contribution in [0.1, 0.15) is 95.0 Å². The SMILES string of the molecule is COc1ncc(F)cc1C(CO[Si](C(C)C)(C(C)C)C(C)C)n1cc(NC(=O)C(NC(=O)c2nonc2C)C(C2CC2)C2CC2)cn1. The summed E-state index contributed by atoms with van der Waals surface area (Å²) in [5.41, 5.74) is 2.33. The first-order chi connectivity index (χ1) is 22.4. The number of carbonyl (C=O) groups excluding carboxylic acids is 2. The molecule has 12 nitrogen and oxygen atoms in total. The van der Waals surface area contributed by atoms with Gasteiger partial charge in [0.2, 0.25) is 11.8 Å². The van der Waals surface area contributed by atoms with Gasteiger partial charge in [-0.05, 0) is 78.2 Å². The molecule has 2 N–H and O–H groups in total. The maximum absolute atomic E-state index is 14.6. The molecule has 14 heteroatoms. The average Bonchev–Trinajstić information content (AvgIpc) is 3.95. The van der Waals surface area contributed by atoms with Gasteiger partial charge in [0.25, 0.3) is 5.91 Å². The summed E-state index contributed by atoms with van der Waals surface area (Å²) in [5, 5.41) is 18.0. The zero-order valence-electron chi connectivity index (χ0n) is 28.6. The van der Waals surface area contributed by atoms with Gasteiger partial charge in [0, 0.05) is 11.8 Å². The van der Waals surface area contributed by atoms with Crippen LogP contribution in [-0.4, -0.2) is 65.0 Å². The van der Waals surface area contributed by atoms with E-state index in [1.807, 2.05) is 0 Å². The number of rotatable bonds is 16. The first-order valence-corrected chi connectivity index (χ1v) is 18.8. The first kappa shape index (κ1) is 34.7. The third-order valence-corrected chi connectivity index (χ3v) is 16.0. The molecular formula is C33H48FN7O5Si. The Bertz CT molecular complexity index is 1520. The van der Waals surface area contributed by atoms with E-state index in [2.05, 4.69) is 72.6 Å². The number of ether oxygens (including phenoxy) is 1. The van der Waals surface area contributed by atoms with Crippen molar-refractivity contribution in [2.75, 3.05) is 19.0 Å². The van der Waals surface area contributed by atoms with Crippen LogP contribution in [0.25, 0.3) is 0 Å². The molecule has 0 aromatic carbocycles. The maximum Gasteiger partial charge on any atom is 0.276 e. The van der Waals surface area contributed by atoms with Crippen LogP contribution >= 0.6 is 0 Å². The fraction of sp³-hybridized carbons (Fsp3) is 0.636. The normalized spacial score (nSPS) is 16.6. The Labute approximate surface area is 276 Å². The molecule has 2 aliphatic rings. The highest BCUT2D eigenvalue weighted by atomic mass is 28.4. The van der Waals surface area contributed by atoms with E-state index in [4.69, 9.17) is 13.8 Å². The predicted molar refractivity (Wildman–Crippen MR) is 176 cm³/mol. The lowest BCUT2D eigenvalue weighted by atomic mass is 9.88. The van der Waals surface area contributed by atoms with Gasteiger partial charge < -0.3 is 19.8 Å². The smallest absolute Gasteiger partial charge is 0.276 e. The molecule has 47 heavy (non-hydrogen) atoms. The molecule has 3 aromatic heterocycles. The standard InChI is InChI=1S/C33H48FN7O5Si/c1-18(2)47(19(3)4,20(5)6)45-17-27(26-13-24(34)14-35-33(26)44-8)41-16-25(15-36-41)37-32(43)30(28(22-9-10-22)23-11-12-23)38-31(42)29-21(7)39-46-40-29/h13-16,18-20,22-23,27-28,30H,9-12,17H2,1-8H3,(H,37,43)(H,38,42). The van der Waals surface area contributed by atoms with Crippen molar-refractivity contribution < 1.29 is 27.8 Å². The maximum atomic E-state index is 14.6. The van der Waals surface area contributed by atoms with Crippen molar-refractivity contribution in [2.24, 2.45) is 17.8 Å². The van der Waals surface area contributed by atoms with Gasteiger partial charge in [-0.1, -0.05) is 46.7 Å². The molecule has 0 spiro atoms. The summed E-state index contributed by atoms with van der Waals surface area (Å²) in [5.74, 6) is -0.308. The lowest BCUT2D eigenvalue weighted by Gasteiger charge is -2.43. The summed E-state index contributed by atoms with van der Waals surface area (Å²) < 4.78 is 33.5. The van der Waals surface area contributed by atoms with Crippen LogP contribution in [-0.2, 0) is 9.22 Å². The number of pyridine rings is 1. The Morgan fingerprint density at radius 3 is 2.21 bits per heavy atom. The van der Waals surface area contributed by atoms with Crippen molar-refractivity contribution in [2.45, 2.75) is 103 Å². The van der Waals surface area contributed by atoms with Crippen LogP contribution in [0, 0.1) is 30.5 Å². The zero-order chi connectivity index (χ0) is 34.0. The van der Waals surface area contributed by atoms with Gasteiger partial charge in [0.1, 0.15) is 23.6 Å². The van der Waals surface area contributed by atoms with E-state index in [0.717, 1.165) is 31.9 Å². The van der Waals surface area contributed by atoms with Gasteiger partial charge >= 0.3 is 0 Å². The summed E-state index contributed by atoms with van der Waals surface area (Å²) in [7, 11) is -0.826. The monoisotopic (exact) mass is 669 g/mol. The molecule has 5 rings (SSSR count). The van der Waals surface area contributed by atoms with Gasteiger partial charge in [-0.3, -0.25) is 14.3 Å². The van der Waals surface area contributed by atoms with Gasteiger partial charge in [0.15, 0.2) is 14.0 Å². The Morgan fingerprint density at radius 1 is 1.04 bits per heavy atom. The minimum Gasteiger partial charge on any atom is -0.481 e. The molecule has 256 valence electrons. The van der Waals surface area contributed by atoms with Crippen LogP contribution in [0.15, 0.2) is 29.3 Å². The van der Waals surface area contributed by atoms with E-state index in [0.29, 0.717) is 45.4 Å². The van der Waals surface area contributed by atoms with Crippen LogP contribution in [0.2, 0.25) is 16.6 Å². The Balaban J connectivity index is 1.43. The van der Waals surface area contributed by atoms with Crippen molar-refractivity contribution in [1.82, 2.24) is 30.4 Å². The molecular weight excluding hydrogens is 621 g/mol. The molecule has 2 saturated carbocycles. The molecule has 2 aliphatic carbocycles. The Kier molecular flexibility index (Phi) is 10.5. The van der Waals surface area contributed by atoms with Crippen molar-refractivity contribution in [3.8, 4) is 5.88 Å². The molecule has 0 radical (unpaired) electrons. The Morgan fingerprint density at radius 2 is 1.68 bits per heavy atom.